The topological polar surface area (TPSA) is 34.0 Å². The minimum absolute atomic E-state index is 0.990. The number of fused-ring (bicyclic) bond motifs is 1. The molecule has 90 valence electrons. The van der Waals surface area contributed by atoms with Crippen LogP contribution >= 0.6 is 0 Å². The summed E-state index contributed by atoms with van der Waals surface area (Å²) >= 11 is 0. The van der Waals surface area contributed by atoms with Gasteiger partial charge in [-0.25, -0.2) is 9.97 Å². The van der Waals surface area contributed by atoms with E-state index in [1.54, 1.807) is 12.5 Å². The zero-order chi connectivity index (χ0) is 12.5. The quantitative estimate of drug-likeness (QED) is 0.688. The Bertz CT molecular complexity index is 671. The normalized spacial score (nSPS) is 10.8. The zero-order valence-electron chi connectivity index (χ0n) is 10.4. The molecule has 0 aliphatic carbocycles. The van der Waals surface area contributed by atoms with E-state index >= 15 is 0 Å². The van der Waals surface area contributed by atoms with Crippen LogP contribution in [0.2, 0.25) is 0 Å². The third kappa shape index (κ3) is 1.72. The van der Waals surface area contributed by atoms with E-state index in [0.29, 0.717) is 0 Å². The Balaban J connectivity index is 2.20. The van der Waals surface area contributed by atoms with Crippen LogP contribution in [0.4, 0.5) is 5.82 Å². The molecule has 3 rings (SSSR count). The van der Waals surface area contributed by atoms with Gasteiger partial charge in [0, 0.05) is 43.8 Å². The summed E-state index contributed by atoms with van der Waals surface area (Å²) in [5, 5.41) is 2.34. The van der Waals surface area contributed by atoms with E-state index in [1.807, 2.05) is 42.0 Å². The van der Waals surface area contributed by atoms with E-state index in [0.717, 1.165) is 16.9 Å². The third-order valence-corrected chi connectivity index (χ3v) is 2.95. The van der Waals surface area contributed by atoms with Gasteiger partial charge in [0.05, 0.1) is 6.33 Å². The minimum Gasteiger partial charge on any atom is -0.362 e. The molecule has 0 unspecified atom stereocenters. The fourth-order valence-corrected chi connectivity index (χ4v) is 2.08. The molecule has 18 heavy (non-hydrogen) atoms. The fraction of sp³-hybridized carbons (Fsp3) is 0.143. The second kappa shape index (κ2) is 4.14. The summed E-state index contributed by atoms with van der Waals surface area (Å²) in [5.41, 5.74) is 1.11. The SMILES string of the molecule is CN(C)c1nccc2cc(-n3ccnc3)ccc12. The van der Waals surface area contributed by atoms with Crippen molar-refractivity contribution in [2.75, 3.05) is 19.0 Å². The molecular formula is C14H14N4. The van der Waals surface area contributed by atoms with Crippen molar-refractivity contribution in [3.8, 4) is 5.69 Å². The fourth-order valence-electron chi connectivity index (χ4n) is 2.08. The maximum atomic E-state index is 4.41. The predicted molar refractivity (Wildman–Crippen MR) is 73.2 cm³/mol. The highest BCUT2D eigenvalue weighted by Crippen LogP contribution is 2.25. The number of hydrogen-bond acceptors (Lipinski definition) is 3. The Hall–Kier alpha value is -2.36. The standard InChI is InChI=1S/C14H14N4/c1-17(2)14-13-4-3-12(18-8-7-15-10-18)9-11(13)5-6-16-14/h3-10H,1-2H3. The molecule has 0 N–H and O–H groups in total. The Morgan fingerprint density at radius 2 is 2.00 bits per heavy atom. The lowest BCUT2D eigenvalue weighted by atomic mass is 10.1. The molecule has 0 saturated heterocycles. The first-order chi connectivity index (χ1) is 8.75. The first kappa shape index (κ1) is 10.8. The number of hydrogen-bond donors (Lipinski definition) is 0. The van der Waals surface area contributed by atoms with Gasteiger partial charge < -0.3 is 9.47 Å². The molecule has 0 atom stereocenters. The van der Waals surface area contributed by atoms with Crippen LogP contribution < -0.4 is 4.90 Å². The average molecular weight is 238 g/mol. The van der Waals surface area contributed by atoms with E-state index in [-0.39, 0.29) is 0 Å². The maximum Gasteiger partial charge on any atom is 0.135 e. The number of pyridine rings is 1. The molecular weight excluding hydrogens is 224 g/mol. The Morgan fingerprint density at radius 1 is 1.11 bits per heavy atom. The molecule has 2 aromatic heterocycles. The van der Waals surface area contributed by atoms with E-state index in [4.69, 9.17) is 0 Å². The second-order valence-electron chi connectivity index (χ2n) is 4.40. The predicted octanol–water partition coefficient (Wildman–Crippen LogP) is 2.49. The molecule has 0 spiro atoms. The summed E-state index contributed by atoms with van der Waals surface area (Å²) in [4.78, 5) is 10.5. The molecule has 4 heteroatoms. The van der Waals surface area contributed by atoms with Crippen LogP contribution in [0.1, 0.15) is 0 Å². The zero-order valence-corrected chi connectivity index (χ0v) is 10.4. The van der Waals surface area contributed by atoms with Crippen LogP contribution in [-0.2, 0) is 0 Å². The number of aromatic nitrogens is 3. The van der Waals surface area contributed by atoms with Gasteiger partial charge >= 0.3 is 0 Å². The number of nitrogens with zero attached hydrogens (tertiary/aromatic N) is 4. The first-order valence-electron chi connectivity index (χ1n) is 5.80. The van der Waals surface area contributed by atoms with Gasteiger partial charge in [-0.3, -0.25) is 0 Å². The monoisotopic (exact) mass is 238 g/mol. The Labute approximate surface area is 106 Å². The highest BCUT2D eigenvalue weighted by atomic mass is 15.1. The van der Waals surface area contributed by atoms with Gasteiger partial charge in [0.1, 0.15) is 5.82 Å². The minimum atomic E-state index is 0.990. The summed E-state index contributed by atoms with van der Waals surface area (Å²) in [5.74, 6) is 0.990. The third-order valence-electron chi connectivity index (χ3n) is 2.95. The highest BCUT2D eigenvalue weighted by Gasteiger charge is 2.05. The number of benzene rings is 1. The smallest absolute Gasteiger partial charge is 0.135 e. The number of imidazole rings is 1. The molecule has 3 aromatic rings. The molecule has 0 bridgehead atoms. The molecule has 0 aliphatic rings. The van der Waals surface area contributed by atoms with E-state index in [9.17, 15) is 0 Å². The summed E-state index contributed by atoms with van der Waals surface area (Å²) in [7, 11) is 4.01. The second-order valence-corrected chi connectivity index (χ2v) is 4.40. The maximum absolute atomic E-state index is 4.41. The van der Waals surface area contributed by atoms with Crippen LogP contribution in [0, 0.1) is 0 Å². The molecule has 2 heterocycles. The van der Waals surface area contributed by atoms with Crippen molar-refractivity contribution in [3.63, 3.8) is 0 Å². The van der Waals surface area contributed by atoms with Crippen molar-refractivity contribution in [1.29, 1.82) is 0 Å². The summed E-state index contributed by atoms with van der Waals surface area (Å²) in [6.45, 7) is 0. The molecule has 0 aliphatic heterocycles. The van der Waals surface area contributed by atoms with Gasteiger partial charge in [-0.15, -0.1) is 0 Å². The van der Waals surface area contributed by atoms with Gasteiger partial charge in [-0.2, -0.15) is 0 Å². The van der Waals surface area contributed by atoms with E-state index in [1.165, 1.54) is 5.39 Å². The highest BCUT2D eigenvalue weighted by molar-refractivity contribution is 5.93. The van der Waals surface area contributed by atoms with Gasteiger partial charge in [0.15, 0.2) is 0 Å². The lowest BCUT2D eigenvalue weighted by molar-refractivity contribution is 1.06. The van der Waals surface area contributed by atoms with Crippen molar-refractivity contribution in [2.24, 2.45) is 0 Å². The molecule has 0 radical (unpaired) electrons. The largest absolute Gasteiger partial charge is 0.362 e. The van der Waals surface area contributed by atoms with Crippen molar-refractivity contribution < 1.29 is 0 Å². The Morgan fingerprint density at radius 3 is 2.72 bits per heavy atom. The van der Waals surface area contributed by atoms with Crippen LogP contribution in [0.25, 0.3) is 16.5 Å². The number of rotatable bonds is 2. The molecule has 0 fully saturated rings. The lowest BCUT2D eigenvalue weighted by Gasteiger charge is -2.14. The average Bonchev–Trinajstić information content (AvgIpc) is 2.91. The molecule has 0 saturated carbocycles. The van der Waals surface area contributed by atoms with Crippen LogP contribution in [0.3, 0.4) is 0 Å². The van der Waals surface area contributed by atoms with Crippen LogP contribution in [0.5, 0.6) is 0 Å². The summed E-state index contributed by atoms with van der Waals surface area (Å²) < 4.78 is 2.00. The van der Waals surface area contributed by atoms with Gasteiger partial charge in [-0.1, -0.05) is 0 Å². The van der Waals surface area contributed by atoms with Crippen molar-refractivity contribution in [2.45, 2.75) is 0 Å². The molecule has 4 nitrogen and oxygen atoms in total. The van der Waals surface area contributed by atoms with E-state index < -0.39 is 0 Å². The van der Waals surface area contributed by atoms with Crippen molar-refractivity contribution >= 4 is 16.6 Å². The summed E-state index contributed by atoms with van der Waals surface area (Å²) in [6.07, 6.45) is 7.36. The van der Waals surface area contributed by atoms with Crippen molar-refractivity contribution in [3.05, 3.63) is 49.2 Å². The molecule has 1 aromatic carbocycles. The van der Waals surface area contributed by atoms with Crippen LogP contribution in [0.15, 0.2) is 49.2 Å². The Kier molecular flexibility index (Phi) is 2.48. The van der Waals surface area contributed by atoms with Gasteiger partial charge in [0.25, 0.3) is 0 Å². The van der Waals surface area contributed by atoms with E-state index in [2.05, 4.69) is 28.2 Å². The summed E-state index contributed by atoms with van der Waals surface area (Å²) in [6, 6.07) is 8.36. The lowest BCUT2D eigenvalue weighted by Crippen LogP contribution is -2.10. The molecule has 0 amide bonds. The number of anilines is 1. The van der Waals surface area contributed by atoms with Crippen LogP contribution in [-0.4, -0.2) is 28.6 Å². The van der Waals surface area contributed by atoms with Gasteiger partial charge in [0.2, 0.25) is 0 Å². The first-order valence-corrected chi connectivity index (χ1v) is 5.80. The van der Waals surface area contributed by atoms with Crippen molar-refractivity contribution in [1.82, 2.24) is 14.5 Å². The van der Waals surface area contributed by atoms with Gasteiger partial charge in [-0.05, 0) is 29.7 Å².